The van der Waals surface area contributed by atoms with Crippen LogP contribution in [-0.2, 0) is 11.3 Å². The predicted octanol–water partition coefficient (Wildman–Crippen LogP) is 5.61. The predicted molar refractivity (Wildman–Crippen MR) is 192 cm³/mol. The van der Waals surface area contributed by atoms with Crippen molar-refractivity contribution in [3.8, 4) is 41.2 Å². The number of piperidine rings is 1. The number of phenols is 1. The van der Waals surface area contributed by atoms with E-state index in [1.54, 1.807) is 18.1 Å². The Bertz CT molecular complexity index is 2230. The van der Waals surface area contributed by atoms with Crippen molar-refractivity contribution in [2.75, 3.05) is 51.5 Å². The van der Waals surface area contributed by atoms with Crippen molar-refractivity contribution < 1.29 is 37.7 Å². The molecular weight excluding hydrogens is 686 g/mol. The van der Waals surface area contributed by atoms with Gasteiger partial charge in [0.25, 0.3) is 0 Å². The van der Waals surface area contributed by atoms with Gasteiger partial charge in [0.05, 0.1) is 44.7 Å². The molecule has 0 amide bonds. The van der Waals surface area contributed by atoms with Gasteiger partial charge in [0, 0.05) is 41.6 Å². The van der Waals surface area contributed by atoms with Crippen molar-refractivity contribution >= 4 is 27.5 Å². The highest BCUT2D eigenvalue weighted by Crippen LogP contribution is 2.49. The van der Waals surface area contributed by atoms with E-state index in [0.29, 0.717) is 25.1 Å². The number of aromatic hydroxyl groups is 1. The molecule has 3 fully saturated rings. The quantitative estimate of drug-likeness (QED) is 0.192. The second kappa shape index (κ2) is 13.7. The molecule has 5 heterocycles. The smallest absolute Gasteiger partial charge is 0.319 e. The number of pyridine rings is 1. The van der Waals surface area contributed by atoms with Crippen molar-refractivity contribution in [3.05, 3.63) is 59.5 Å². The van der Waals surface area contributed by atoms with E-state index in [9.17, 15) is 10.2 Å². The number of hydrogen-bond acceptors (Lipinski definition) is 12. The number of benzene rings is 2. The zero-order chi connectivity index (χ0) is 36.9. The molecule has 2 N–H and O–H groups in total. The lowest BCUT2D eigenvalue weighted by Gasteiger charge is -2.46. The molecular formula is C39H40F2N6O6. The van der Waals surface area contributed by atoms with Crippen LogP contribution in [0.2, 0.25) is 0 Å². The van der Waals surface area contributed by atoms with Gasteiger partial charge in [0.2, 0.25) is 5.88 Å². The molecule has 276 valence electrons. The van der Waals surface area contributed by atoms with Crippen LogP contribution in [0.4, 0.5) is 14.6 Å². The molecule has 1 saturated carbocycles. The van der Waals surface area contributed by atoms with Crippen LogP contribution in [0, 0.1) is 29.4 Å². The Hall–Kier alpha value is -5.10. The third kappa shape index (κ3) is 6.36. The van der Waals surface area contributed by atoms with E-state index in [2.05, 4.69) is 25.9 Å². The molecule has 3 aromatic heterocycles. The highest BCUT2D eigenvalue weighted by molar-refractivity contribution is 6.04. The molecule has 0 bridgehead atoms. The maximum atomic E-state index is 17.3. The molecule has 5 aromatic rings. The Morgan fingerprint density at radius 3 is 2.74 bits per heavy atom. The normalized spacial score (nSPS) is 23.5. The largest absolute Gasteiger partial charge is 0.508 e. The van der Waals surface area contributed by atoms with Gasteiger partial charge in [-0.2, -0.15) is 9.97 Å². The zero-order valence-electron chi connectivity index (χ0n) is 29.6. The van der Waals surface area contributed by atoms with Crippen molar-refractivity contribution in [1.82, 2.24) is 25.0 Å². The number of β-amino-alcohol motifs (C(OH)–C–C–N with tert-alkyl or cyclic N) is 1. The Balaban J connectivity index is 1.27. The minimum absolute atomic E-state index is 0.0249. The summed E-state index contributed by atoms with van der Waals surface area (Å²) in [6.07, 6.45) is 12.2. The van der Waals surface area contributed by atoms with E-state index in [-0.39, 0.29) is 87.8 Å². The second-order valence-electron chi connectivity index (χ2n) is 14.6. The summed E-state index contributed by atoms with van der Waals surface area (Å²) in [5, 5.41) is 26.7. The maximum Gasteiger partial charge on any atom is 0.319 e. The van der Waals surface area contributed by atoms with E-state index >= 15 is 8.78 Å². The van der Waals surface area contributed by atoms with Gasteiger partial charge in [0.15, 0.2) is 5.82 Å². The summed E-state index contributed by atoms with van der Waals surface area (Å²) >= 11 is 0. The van der Waals surface area contributed by atoms with Crippen molar-refractivity contribution in [2.45, 2.75) is 57.2 Å². The molecule has 14 heteroatoms. The van der Waals surface area contributed by atoms with Crippen LogP contribution in [-0.4, -0.2) is 93.4 Å². The highest BCUT2D eigenvalue weighted by atomic mass is 19.1. The number of ether oxygens (including phenoxy) is 3. The average Bonchev–Trinajstić information content (AvgIpc) is 3.79. The number of phenolic OH excluding ortho intramolecular Hbond substituents is 1. The number of aliphatic hydroxyl groups is 1. The lowest BCUT2D eigenvalue weighted by molar-refractivity contribution is -0.0123. The zero-order valence-corrected chi connectivity index (χ0v) is 29.6. The number of halogens is 2. The molecule has 53 heavy (non-hydrogen) atoms. The van der Waals surface area contributed by atoms with Crippen LogP contribution in [0.15, 0.2) is 41.1 Å². The fourth-order valence-corrected chi connectivity index (χ4v) is 8.60. The molecule has 2 saturated heterocycles. The van der Waals surface area contributed by atoms with Gasteiger partial charge < -0.3 is 33.8 Å². The molecule has 12 nitrogen and oxygen atoms in total. The maximum absolute atomic E-state index is 17.3. The standard InChI is InChI=1S/C39H40F2N6O6/c1-4-26-28(40)9-8-23-17-25(48)18-27(30(23)26)33-32(41)34-31(36(42-33)50-3)35(47-14-16-51-21-38(2,49)20-47)44-37(43-34)52-22-39-11-5-7-29(39)46(13-6-12-39)19-24-10-15-53-45-24/h1,8-10,15,17-18,29,48-49H,5-7,11-14,16,19-22H2,2-3H3/t29-,38+,39-/m1/s1. The fraction of sp³-hybridized carbons (Fsp3) is 0.436. The molecule has 2 aliphatic heterocycles. The van der Waals surface area contributed by atoms with E-state index in [0.717, 1.165) is 44.3 Å². The van der Waals surface area contributed by atoms with Crippen LogP contribution in [0.25, 0.3) is 32.9 Å². The monoisotopic (exact) mass is 726 g/mol. The Morgan fingerprint density at radius 1 is 1.09 bits per heavy atom. The fourth-order valence-electron chi connectivity index (χ4n) is 8.60. The molecule has 3 atom stereocenters. The number of rotatable bonds is 8. The molecule has 0 spiro atoms. The van der Waals surface area contributed by atoms with Gasteiger partial charge in [-0.3, -0.25) is 4.90 Å². The van der Waals surface area contributed by atoms with Gasteiger partial charge in [-0.05, 0) is 62.7 Å². The van der Waals surface area contributed by atoms with Crippen LogP contribution in [0.3, 0.4) is 0 Å². The topological polar surface area (TPSA) is 139 Å². The molecule has 8 rings (SSSR count). The van der Waals surface area contributed by atoms with E-state index in [1.165, 1.54) is 31.4 Å². The van der Waals surface area contributed by atoms with Gasteiger partial charge >= 0.3 is 6.01 Å². The molecule has 2 aromatic carbocycles. The first kappa shape index (κ1) is 35.0. The van der Waals surface area contributed by atoms with Gasteiger partial charge in [-0.15, -0.1) is 6.42 Å². The third-order valence-electron chi connectivity index (χ3n) is 10.9. The number of methoxy groups -OCH3 is 1. The molecule has 1 aliphatic carbocycles. The van der Waals surface area contributed by atoms with Crippen LogP contribution < -0.4 is 14.4 Å². The summed E-state index contributed by atoms with van der Waals surface area (Å²) in [5.74, 6) is 0.844. The SMILES string of the molecule is C#Cc1c(F)ccc2cc(O)cc(-c3nc(OC)c4c(N5CCOC[C@@](C)(O)C5)nc(OC[C@]56CCC[C@H]5N(Cc5ccon5)CCC6)nc4c3F)c12. The van der Waals surface area contributed by atoms with Crippen LogP contribution >= 0.6 is 0 Å². The number of anilines is 1. The average molecular weight is 727 g/mol. The minimum Gasteiger partial charge on any atom is -0.508 e. The highest BCUT2D eigenvalue weighted by Gasteiger charge is 2.48. The Kier molecular flexibility index (Phi) is 9.04. The lowest BCUT2D eigenvalue weighted by atomic mass is 9.75. The minimum atomic E-state index is -1.25. The third-order valence-corrected chi connectivity index (χ3v) is 10.9. The first-order valence-corrected chi connectivity index (χ1v) is 17.8. The molecule has 0 radical (unpaired) electrons. The summed E-state index contributed by atoms with van der Waals surface area (Å²) in [7, 11) is 1.39. The molecule has 3 aliphatic rings. The van der Waals surface area contributed by atoms with Gasteiger partial charge in [-0.1, -0.05) is 23.6 Å². The lowest BCUT2D eigenvalue weighted by Crippen LogP contribution is -2.51. The van der Waals surface area contributed by atoms with Crippen LogP contribution in [0.1, 0.15) is 50.3 Å². The number of likely N-dealkylation sites (tertiary alicyclic amines) is 1. The Morgan fingerprint density at radius 2 is 1.94 bits per heavy atom. The summed E-state index contributed by atoms with van der Waals surface area (Å²) in [6.45, 7) is 4.36. The summed E-state index contributed by atoms with van der Waals surface area (Å²) < 4.78 is 55.4. The Labute approximate surface area is 304 Å². The van der Waals surface area contributed by atoms with Crippen molar-refractivity contribution in [2.24, 2.45) is 5.41 Å². The summed E-state index contributed by atoms with van der Waals surface area (Å²) in [5.41, 5.74) is -1.04. The number of fused-ring (bicyclic) bond motifs is 3. The first-order chi connectivity index (χ1) is 25.6. The molecule has 0 unspecified atom stereocenters. The number of hydrogen-bond donors (Lipinski definition) is 2. The second-order valence-corrected chi connectivity index (χ2v) is 14.6. The van der Waals surface area contributed by atoms with Gasteiger partial charge in [0.1, 0.15) is 45.8 Å². The van der Waals surface area contributed by atoms with Gasteiger partial charge in [-0.25, -0.2) is 13.8 Å². The summed E-state index contributed by atoms with van der Waals surface area (Å²) in [4.78, 5) is 18.3. The van der Waals surface area contributed by atoms with E-state index < -0.39 is 17.2 Å². The van der Waals surface area contributed by atoms with Crippen molar-refractivity contribution in [1.29, 1.82) is 0 Å². The number of terminal acetylenes is 1. The first-order valence-electron chi connectivity index (χ1n) is 17.8. The van der Waals surface area contributed by atoms with E-state index in [1.807, 2.05) is 6.07 Å². The summed E-state index contributed by atoms with van der Waals surface area (Å²) in [6, 6.07) is 7.43. The van der Waals surface area contributed by atoms with Crippen molar-refractivity contribution in [3.63, 3.8) is 0 Å². The van der Waals surface area contributed by atoms with E-state index in [4.69, 9.17) is 30.1 Å². The number of nitrogens with zero attached hydrogens (tertiary/aromatic N) is 6. The number of aromatic nitrogens is 4. The van der Waals surface area contributed by atoms with Crippen LogP contribution in [0.5, 0.6) is 17.6 Å².